The molecule has 1 N–H and O–H groups in total. The molecule has 1 saturated carbocycles. The molecule has 0 saturated heterocycles. The van der Waals surface area contributed by atoms with Crippen LogP contribution in [0.25, 0.3) is 0 Å². The topological polar surface area (TPSA) is 38.1 Å². The van der Waals surface area contributed by atoms with E-state index in [0.717, 1.165) is 5.69 Å². The lowest BCUT2D eigenvalue weighted by molar-refractivity contribution is 0.168. The van der Waals surface area contributed by atoms with E-state index >= 15 is 0 Å². The maximum atomic E-state index is 10.4. The second-order valence-electron chi connectivity index (χ2n) is 5.17. The second-order valence-corrected chi connectivity index (χ2v) is 5.17. The molecule has 0 amide bonds. The first-order valence-corrected chi connectivity index (χ1v) is 6.49. The highest BCUT2D eigenvalue weighted by molar-refractivity contribution is 5.24. The van der Waals surface area contributed by atoms with Crippen LogP contribution in [0.3, 0.4) is 0 Å². The predicted octanol–water partition coefficient (Wildman–Crippen LogP) is 2.80. The maximum Gasteiger partial charge on any atom is 0.0996 e. The first-order chi connectivity index (χ1) is 8.74. The third kappa shape index (κ3) is 2.31. The Morgan fingerprint density at radius 3 is 3.00 bits per heavy atom. The Morgan fingerprint density at radius 2 is 2.28 bits per heavy atom. The highest BCUT2D eigenvalue weighted by atomic mass is 16.3. The second kappa shape index (κ2) is 4.58. The summed E-state index contributed by atoms with van der Waals surface area (Å²) in [6, 6.07) is 8.87. The Bertz CT molecular complexity index is 543. The Hall–Kier alpha value is -1.61. The molecule has 0 aliphatic heterocycles. The van der Waals surface area contributed by atoms with Crippen molar-refractivity contribution in [2.75, 3.05) is 0 Å². The number of aromatic nitrogens is 2. The Kier molecular flexibility index (Phi) is 2.92. The zero-order valence-corrected chi connectivity index (χ0v) is 10.6. The fourth-order valence-corrected chi connectivity index (χ4v) is 2.40. The van der Waals surface area contributed by atoms with Gasteiger partial charge in [0, 0.05) is 12.5 Å². The largest absolute Gasteiger partial charge is 0.386 e. The van der Waals surface area contributed by atoms with E-state index in [0.29, 0.717) is 12.5 Å². The minimum Gasteiger partial charge on any atom is -0.386 e. The van der Waals surface area contributed by atoms with Crippen molar-refractivity contribution in [2.45, 2.75) is 38.3 Å². The van der Waals surface area contributed by atoms with E-state index in [1.54, 1.807) is 6.20 Å². The van der Waals surface area contributed by atoms with Crippen molar-refractivity contribution in [1.29, 1.82) is 0 Å². The third-order valence-corrected chi connectivity index (χ3v) is 3.49. The van der Waals surface area contributed by atoms with Gasteiger partial charge in [0.1, 0.15) is 0 Å². The molecule has 1 unspecified atom stereocenters. The van der Waals surface area contributed by atoms with E-state index in [-0.39, 0.29) is 0 Å². The van der Waals surface area contributed by atoms with E-state index in [4.69, 9.17) is 0 Å². The monoisotopic (exact) mass is 242 g/mol. The lowest BCUT2D eigenvalue weighted by Crippen LogP contribution is -2.08. The van der Waals surface area contributed by atoms with Crippen molar-refractivity contribution >= 4 is 0 Å². The van der Waals surface area contributed by atoms with Gasteiger partial charge in [0.05, 0.1) is 24.3 Å². The first kappa shape index (κ1) is 11.5. The molecule has 1 aliphatic rings. The van der Waals surface area contributed by atoms with Crippen LogP contribution in [0.5, 0.6) is 0 Å². The lowest BCUT2D eigenvalue weighted by Gasteiger charge is -2.13. The van der Waals surface area contributed by atoms with Crippen LogP contribution in [0.15, 0.2) is 36.8 Å². The van der Waals surface area contributed by atoms with Gasteiger partial charge >= 0.3 is 0 Å². The van der Waals surface area contributed by atoms with Crippen LogP contribution in [0.1, 0.15) is 41.8 Å². The summed E-state index contributed by atoms with van der Waals surface area (Å²) in [6.07, 6.45) is 6.24. The maximum absolute atomic E-state index is 10.4. The van der Waals surface area contributed by atoms with E-state index in [1.165, 1.54) is 24.0 Å². The summed E-state index contributed by atoms with van der Waals surface area (Å²) in [7, 11) is 0. The summed E-state index contributed by atoms with van der Waals surface area (Å²) in [5.74, 6) is 0. The minimum absolute atomic E-state index is 0.463. The predicted molar refractivity (Wildman–Crippen MR) is 70.3 cm³/mol. The molecule has 0 spiro atoms. The molecule has 3 nitrogen and oxygen atoms in total. The van der Waals surface area contributed by atoms with Crippen LogP contribution in [0.4, 0.5) is 0 Å². The Morgan fingerprint density at radius 1 is 1.44 bits per heavy atom. The number of hydrogen-bond acceptors (Lipinski definition) is 2. The van der Waals surface area contributed by atoms with Crippen molar-refractivity contribution in [1.82, 2.24) is 9.55 Å². The normalized spacial score (nSPS) is 16.8. The number of aliphatic hydroxyl groups excluding tert-OH is 1. The standard InChI is InChI=1S/C15H18N2O/c1-11-3-2-4-12(7-11)8-15(18)14-9-16-10-17(14)13-5-6-13/h2-4,7,9-10,13,15,18H,5-6,8H2,1H3. The number of imidazole rings is 1. The van der Waals surface area contributed by atoms with Gasteiger partial charge in [-0.2, -0.15) is 0 Å². The van der Waals surface area contributed by atoms with E-state index < -0.39 is 6.10 Å². The molecule has 1 fully saturated rings. The molecule has 1 aromatic carbocycles. The van der Waals surface area contributed by atoms with Crippen LogP contribution < -0.4 is 0 Å². The van der Waals surface area contributed by atoms with Gasteiger partial charge in [0.2, 0.25) is 0 Å². The quantitative estimate of drug-likeness (QED) is 0.895. The van der Waals surface area contributed by atoms with Crippen molar-refractivity contribution in [2.24, 2.45) is 0 Å². The molecule has 1 heterocycles. The van der Waals surface area contributed by atoms with Crippen molar-refractivity contribution < 1.29 is 5.11 Å². The lowest BCUT2D eigenvalue weighted by atomic mass is 10.0. The van der Waals surface area contributed by atoms with Crippen LogP contribution in [0.2, 0.25) is 0 Å². The van der Waals surface area contributed by atoms with Gasteiger partial charge in [-0.05, 0) is 25.3 Å². The average Bonchev–Trinajstić information content (AvgIpc) is 3.06. The fraction of sp³-hybridized carbons (Fsp3) is 0.400. The van der Waals surface area contributed by atoms with Crippen molar-refractivity contribution in [3.05, 3.63) is 53.6 Å². The summed E-state index contributed by atoms with van der Waals surface area (Å²) in [6.45, 7) is 2.07. The first-order valence-electron chi connectivity index (χ1n) is 6.49. The number of nitrogens with zero attached hydrogens (tertiary/aromatic N) is 2. The molecular formula is C15H18N2O. The van der Waals surface area contributed by atoms with Gasteiger partial charge in [0.25, 0.3) is 0 Å². The SMILES string of the molecule is Cc1cccc(CC(O)c2cncn2C2CC2)c1. The molecule has 2 aromatic rings. The molecule has 0 bridgehead atoms. The van der Waals surface area contributed by atoms with Gasteiger partial charge < -0.3 is 9.67 Å². The van der Waals surface area contributed by atoms with E-state index in [1.807, 2.05) is 12.4 Å². The molecule has 18 heavy (non-hydrogen) atoms. The van der Waals surface area contributed by atoms with Gasteiger partial charge in [-0.1, -0.05) is 29.8 Å². The number of benzene rings is 1. The molecule has 1 atom stereocenters. The van der Waals surface area contributed by atoms with Gasteiger partial charge in [-0.15, -0.1) is 0 Å². The third-order valence-electron chi connectivity index (χ3n) is 3.49. The van der Waals surface area contributed by atoms with Crippen LogP contribution in [-0.4, -0.2) is 14.7 Å². The fourth-order valence-electron chi connectivity index (χ4n) is 2.40. The number of aryl methyl sites for hydroxylation is 1. The van der Waals surface area contributed by atoms with Gasteiger partial charge in [-0.25, -0.2) is 4.98 Å². The summed E-state index contributed by atoms with van der Waals surface area (Å²) in [4.78, 5) is 4.17. The molecule has 1 aromatic heterocycles. The average molecular weight is 242 g/mol. The van der Waals surface area contributed by atoms with E-state index in [2.05, 4.69) is 34.7 Å². The molecular weight excluding hydrogens is 224 g/mol. The van der Waals surface area contributed by atoms with Gasteiger partial charge in [0.15, 0.2) is 0 Å². The summed E-state index contributed by atoms with van der Waals surface area (Å²) >= 11 is 0. The molecule has 0 radical (unpaired) electrons. The summed E-state index contributed by atoms with van der Waals surface area (Å²) in [5.41, 5.74) is 3.35. The zero-order valence-electron chi connectivity index (χ0n) is 10.6. The van der Waals surface area contributed by atoms with Crippen LogP contribution >= 0.6 is 0 Å². The molecule has 94 valence electrons. The Labute approximate surface area is 107 Å². The van der Waals surface area contributed by atoms with Crippen LogP contribution in [-0.2, 0) is 6.42 Å². The summed E-state index contributed by atoms with van der Waals surface area (Å²) in [5, 5.41) is 10.4. The van der Waals surface area contributed by atoms with Crippen molar-refractivity contribution in [3.63, 3.8) is 0 Å². The molecule has 3 heteroatoms. The molecule has 3 rings (SSSR count). The van der Waals surface area contributed by atoms with Crippen LogP contribution in [0, 0.1) is 6.92 Å². The molecule has 1 aliphatic carbocycles. The minimum atomic E-state index is -0.463. The smallest absolute Gasteiger partial charge is 0.0996 e. The number of aliphatic hydroxyl groups is 1. The zero-order chi connectivity index (χ0) is 12.5. The number of hydrogen-bond donors (Lipinski definition) is 1. The number of rotatable bonds is 4. The summed E-state index contributed by atoms with van der Waals surface area (Å²) < 4.78 is 2.13. The van der Waals surface area contributed by atoms with Crippen molar-refractivity contribution in [3.8, 4) is 0 Å². The Balaban J connectivity index is 1.78. The van der Waals surface area contributed by atoms with Gasteiger partial charge in [-0.3, -0.25) is 0 Å². The highest BCUT2D eigenvalue weighted by Crippen LogP contribution is 2.37. The van der Waals surface area contributed by atoms with E-state index in [9.17, 15) is 5.11 Å². The highest BCUT2D eigenvalue weighted by Gasteiger charge is 2.27.